The maximum absolute atomic E-state index is 14.2. The number of methoxy groups -OCH3 is 3. The summed E-state index contributed by atoms with van der Waals surface area (Å²) >= 11 is 0. The van der Waals surface area contributed by atoms with Gasteiger partial charge in [0.2, 0.25) is 10.0 Å². The molecule has 0 aliphatic carbocycles. The number of esters is 1. The molecule has 0 bridgehead atoms. The smallest absolute Gasteiger partial charge is 0.306 e. The van der Waals surface area contributed by atoms with E-state index in [-0.39, 0.29) is 25.3 Å². The molecule has 0 saturated carbocycles. The summed E-state index contributed by atoms with van der Waals surface area (Å²) < 4.78 is 51.6. The number of hydrogen-bond acceptors (Lipinski definition) is 7. The van der Waals surface area contributed by atoms with Crippen LogP contribution in [0.5, 0.6) is 17.2 Å². The normalized spacial score (nSPS) is 12.0. The van der Waals surface area contributed by atoms with E-state index in [0.29, 0.717) is 29.4 Å². The van der Waals surface area contributed by atoms with Gasteiger partial charge in [0.1, 0.15) is 23.9 Å². The number of aryl methyl sites for hydroxylation is 2. The average Bonchev–Trinajstić information content (AvgIpc) is 3.14. The van der Waals surface area contributed by atoms with E-state index < -0.39 is 21.9 Å². The first-order valence-electron chi connectivity index (χ1n) is 16.8. The van der Waals surface area contributed by atoms with E-state index in [2.05, 4.69) is 44.2 Å². The Kier molecular flexibility index (Phi) is 12.5. The summed E-state index contributed by atoms with van der Waals surface area (Å²) in [4.78, 5) is 12.6. The molecule has 266 valence electrons. The van der Waals surface area contributed by atoms with Crippen molar-refractivity contribution in [2.75, 3.05) is 27.1 Å². The summed E-state index contributed by atoms with van der Waals surface area (Å²) in [7, 11) is 0.567. The van der Waals surface area contributed by atoms with Crippen LogP contribution >= 0.6 is 0 Å². The Balaban J connectivity index is 1.34. The van der Waals surface area contributed by atoms with Crippen molar-refractivity contribution in [2.45, 2.75) is 45.9 Å². The van der Waals surface area contributed by atoms with Crippen molar-refractivity contribution < 1.29 is 32.2 Å². The van der Waals surface area contributed by atoms with E-state index >= 15 is 0 Å². The van der Waals surface area contributed by atoms with Crippen LogP contribution in [-0.2, 0) is 39.3 Å². The Morgan fingerprint density at radius 2 is 1.20 bits per heavy atom. The van der Waals surface area contributed by atoms with Gasteiger partial charge in [-0.15, -0.1) is 0 Å². The maximum Gasteiger partial charge on any atom is 0.306 e. The lowest BCUT2D eigenvalue weighted by Gasteiger charge is -2.26. The summed E-state index contributed by atoms with van der Waals surface area (Å²) in [5, 5.41) is 0. The van der Waals surface area contributed by atoms with Gasteiger partial charge in [0.25, 0.3) is 0 Å². The highest BCUT2D eigenvalue weighted by Gasteiger charge is 2.29. The van der Waals surface area contributed by atoms with Crippen molar-refractivity contribution in [3.8, 4) is 28.4 Å². The first-order valence-corrected chi connectivity index (χ1v) is 18.4. The van der Waals surface area contributed by atoms with E-state index in [9.17, 15) is 13.2 Å². The van der Waals surface area contributed by atoms with Crippen LogP contribution < -0.4 is 14.2 Å². The predicted molar refractivity (Wildman–Crippen MR) is 201 cm³/mol. The number of carbonyl (C=O) groups is 1. The molecule has 0 fully saturated rings. The fraction of sp³-hybridized carbons (Fsp3) is 0.262. The zero-order valence-corrected chi connectivity index (χ0v) is 30.6. The van der Waals surface area contributed by atoms with Gasteiger partial charge in [0.15, 0.2) is 0 Å². The first-order chi connectivity index (χ1) is 24.6. The minimum atomic E-state index is -3.91. The van der Waals surface area contributed by atoms with Crippen molar-refractivity contribution in [3.63, 3.8) is 0 Å². The zero-order valence-electron chi connectivity index (χ0n) is 29.8. The molecular formula is C42H45NO7S. The van der Waals surface area contributed by atoms with Crippen LogP contribution in [0.1, 0.15) is 45.7 Å². The van der Waals surface area contributed by atoms with Crippen LogP contribution in [0, 0.1) is 13.8 Å². The largest absolute Gasteiger partial charge is 0.497 e. The number of ether oxygens (including phenoxy) is 4. The molecule has 0 aliphatic rings. The highest BCUT2D eigenvalue weighted by molar-refractivity contribution is 7.89. The summed E-state index contributed by atoms with van der Waals surface area (Å²) in [5.74, 6) is 0.562. The molecule has 0 N–H and O–H groups in total. The highest BCUT2D eigenvalue weighted by Crippen LogP contribution is 2.30. The molecule has 0 aromatic heterocycles. The number of carbonyl (C=O) groups excluding carboxylic acids is 1. The maximum atomic E-state index is 14.2. The zero-order chi connectivity index (χ0) is 36.4. The van der Waals surface area contributed by atoms with Crippen molar-refractivity contribution in [1.82, 2.24) is 4.31 Å². The summed E-state index contributed by atoms with van der Waals surface area (Å²) in [6, 6.07) is 36.5. The Hall–Kier alpha value is -5.12. The molecule has 5 aromatic carbocycles. The van der Waals surface area contributed by atoms with Gasteiger partial charge in [-0.2, -0.15) is 4.31 Å². The summed E-state index contributed by atoms with van der Waals surface area (Å²) in [6.07, 6.45) is -0.0973. The lowest BCUT2D eigenvalue weighted by molar-refractivity contribution is -0.140. The van der Waals surface area contributed by atoms with Gasteiger partial charge < -0.3 is 18.9 Å². The van der Waals surface area contributed by atoms with Gasteiger partial charge in [-0.3, -0.25) is 4.79 Å². The van der Waals surface area contributed by atoms with Gasteiger partial charge in [0, 0.05) is 19.0 Å². The standard InChI is InChI=1S/C42H45NO7S/c1-30-8-6-9-31(2)42(30)36-11-7-10-34(24-36)28-50-40-22-16-35(17-23-40)37(25-41(44)49-5)29-51(45,46)43(26-32-12-18-38(47-3)19-13-32)27-33-14-20-39(48-4)21-15-33/h6-24,37H,25-29H2,1-5H3. The molecule has 0 heterocycles. The van der Waals surface area contributed by atoms with Gasteiger partial charge in [0.05, 0.1) is 33.5 Å². The molecule has 5 rings (SSSR count). The molecule has 51 heavy (non-hydrogen) atoms. The number of benzene rings is 5. The average molecular weight is 708 g/mol. The summed E-state index contributed by atoms with van der Waals surface area (Å²) in [6.45, 7) is 4.88. The number of sulfonamides is 1. The second-order valence-corrected chi connectivity index (χ2v) is 14.6. The van der Waals surface area contributed by atoms with E-state index in [1.807, 2.05) is 60.7 Å². The summed E-state index contributed by atoms with van der Waals surface area (Å²) in [5.41, 5.74) is 8.14. The van der Waals surface area contributed by atoms with Crippen LogP contribution in [0.2, 0.25) is 0 Å². The van der Waals surface area contributed by atoms with Crippen molar-refractivity contribution >= 4 is 16.0 Å². The minimum Gasteiger partial charge on any atom is -0.497 e. The molecule has 1 unspecified atom stereocenters. The topological polar surface area (TPSA) is 91.4 Å². The molecule has 9 heteroatoms. The van der Waals surface area contributed by atoms with Crippen LogP contribution in [-0.4, -0.2) is 45.8 Å². The molecule has 0 aliphatic heterocycles. The van der Waals surface area contributed by atoms with Gasteiger partial charge in [-0.25, -0.2) is 8.42 Å². The molecule has 8 nitrogen and oxygen atoms in total. The number of hydrogen-bond donors (Lipinski definition) is 0. The molecule has 0 spiro atoms. The molecule has 0 radical (unpaired) electrons. The van der Waals surface area contributed by atoms with E-state index in [1.54, 1.807) is 38.5 Å². The van der Waals surface area contributed by atoms with E-state index in [4.69, 9.17) is 18.9 Å². The fourth-order valence-corrected chi connectivity index (χ4v) is 7.85. The predicted octanol–water partition coefficient (Wildman–Crippen LogP) is 8.25. The SMILES string of the molecule is COC(=O)CC(CS(=O)(=O)N(Cc1ccc(OC)cc1)Cc1ccc(OC)cc1)c1ccc(OCc2cccc(-c3c(C)cccc3C)c2)cc1. The Morgan fingerprint density at radius 3 is 1.73 bits per heavy atom. The Morgan fingerprint density at radius 1 is 0.667 bits per heavy atom. The van der Waals surface area contributed by atoms with Crippen LogP contribution in [0.15, 0.2) is 115 Å². The van der Waals surface area contributed by atoms with E-state index in [1.165, 1.54) is 28.1 Å². The minimum absolute atomic E-state index is 0.0973. The number of rotatable bonds is 16. The van der Waals surface area contributed by atoms with Gasteiger partial charge in [-0.1, -0.05) is 72.8 Å². The lowest BCUT2D eigenvalue weighted by Crippen LogP contribution is -2.34. The van der Waals surface area contributed by atoms with Crippen LogP contribution in [0.4, 0.5) is 0 Å². The quantitative estimate of drug-likeness (QED) is 0.0955. The Bertz CT molecular complexity index is 1940. The second kappa shape index (κ2) is 17.2. The molecular weight excluding hydrogens is 663 g/mol. The molecule has 0 amide bonds. The fourth-order valence-electron chi connectivity index (χ4n) is 6.13. The molecule has 1 atom stereocenters. The molecule has 5 aromatic rings. The lowest BCUT2D eigenvalue weighted by atomic mass is 9.95. The Labute approximate surface area is 301 Å². The van der Waals surface area contributed by atoms with Crippen molar-refractivity contribution in [3.05, 3.63) is 149 Å². The second-order valence-electron chi connectivity index (χ2n) is 12.5. The first kappa shape index (κ1) is 37.1. The van der Waals surface area contributed by atoms with E-state index in [0.717, 1.165) is 22.3 Å². The van der Waals surface area contributed by atoms with Gasteiger partial charge in [-0.05, 0) is 101 Å². The van der Waals surface area contributed by atoms with Gasteiger partial charge >= 0.3 is 5.97 Å². The van der Waals surface area contributed by atoms with Crippen LogP contribution in [0.3, 0.4) is 0 Å². The van der Waals surface area contributed by atoms with Crippen molar-refractivity contribution in [1.29, 1.82) is 0 Å². The van der Waals surface area contributed by atoms with Crippen molar-refractivity contribution in [2.24, 2.45) is 0 Å². The monoisotopic (exact) mass is 707 g/mol. The number of nitrogens with zero attached hydrogens (tertiary/aromatic N) is 1. The molecule has 0 saturated heterocycles. The third-order valence-corrected chi connectivity index (χ3v) is 10.8. The third-order valence-electron chi connectivity index (χ3n) is 8.94. The highest BCUT2D eigenvalue weighted by atomic mass is 32.2. The van der Waals surface area contributed by atoms with Crippen LogP contribution in [0.25, 0.3) is 11.1 Å². The third kappa shape index (κ3) is 9.99.